The molecule has 6 heteroatoms. The van der Waals surface area contributed by atoms with E-state index in [2.05, 4.69) is 4.90 Å². The molecule has 0 aromatic heterocycles. The summed E-state index contributed by atoms with van der Waals surface area (Å²) in [6.45, 7) is 3.90. The molecule has 0 aliphatic carbocycles. The lowest BCUT2D eigenvalue weighted by Gasteiger charge is -2.43. The molecule has 2 aliphatic rings. The van der Waals surface area contributed by atoms with Gasteiger partial charge < -0.3 is 19.3 Å². The van der Waals surface area contributed by atoms with E-state index in [4.69, 9.17) is 9.47 Å². The Morgan fingerprint density at radius 1 is 1.14 bits per heavy atom. The Morgan fingerprint density at radius 3 is 2.62 bits per heavy atom. The van der Waals surface area contributed by atoms with Crippen LogP contribution >= 0.6 is 0 Å². The summed E-state index contributed by atoms with van der Waals surface area (Å²) in [6, 6.07) is 13.9. The Hall–Kier alpha value is -2.44. The number of carbonyl (C=O) groups excluding carboxylic acids is 1. The second-order valence-electron chi connectivity index (χ2n) is 7.62. The number of methoxy groups -OCH3 is 1. The summed E-state index contributed by atoms with van der Waals surface area (Å²) in [5.41, 5.74) is 1.42. The van der Waals surface area contributed by atoms with Crippen LogP contribution in [0.4, 0.5) is 4.39 Å². The Morgan fingerprint density at radius 2 is 1.90 bits per heavy atom. The number of rotatable bonds is 5. The molecule has 2 atom stereocenters. The van der Waals surface area contributed by atoms with Gasteiger partial charge in [0.1, 0.15) is 11.6 Å². The van der Waals surface area contributed by atoms with Gasteiger partial charge in [0.2, 0.25) is 0 Å². The quantitative estimate of drug-likeness (QED) is 0.773. The van der Waals surface area contributed by atoms with Crippen LogP contribution < -0.4 is 4.74 Å². The molecular weight excluding hydrogens is 371 g/mol. The molecule has 0 bridgehead atoms. The van der Waals surface area contributed by atoms with Crippen LogP contribution in [0.1, 0.15) is 34.8 Å². The summed E-state index contributed by atoms with van der Waals surface area (Å²) < 4.78 is 25.1. The number of carbonyl (C=O) groups is 1. The first-order valence-corrected chi connectivity index (χ1v) is 10.2. The van der Waals surface area contributed by atoms with Crippen LogP contribution in [0, 0.1) is 5.82 Å². The molecule has 29 heavy (non-hydrogen) atoms. The molecule has 0 N–H and O–H groups in total. The molecule has 4 rings (SSSR count). The van der Waals surface area contributed by atoms with Crippen molar-refractivity contribution in [2.45, 2.75) is 25.0 Å². The molecule has 0 radical (unpaired) electrons. The average Bonchev–Trinajstić information content (AvgIpc) is 3.26. The number of nitrogens with zero attached hydrogens (tertiary/aromatic N) is 2. The van der Waals surface area contributed by atoms with Crippen LogP contribution in [0.5, 0.6) is 5.75 Å². The van der Waals surface area contributed by atoms with Crippen molar-refractivity contribution in [3.63, 3.8) is 0 Å². The normalized spacial score (nSPS) is 22.6. The van der Waals surface area contributed by atoms with Gasteiger partial charge in [-0.3, -0.25) is 4.79 Å². The van der Waals surface area contributed by atoms with E-state index < -0.39 is 5.82 Å². The van der Waals surface area contributed by atoms with E-state index in [-0.39, 0.29) is 23.8 Å². The van der Waals surface area contributed by atoms with Crippen molar-refractivity contribution >= 4 is 5.91 Å². The third-order valence-corrected chi connectivity index (χ3v) is 5.78. The molecule has 154 valence electrons. The third-order valence-electron chi connectivity index (χ3n) is 5.78. The highest BCUT2D eigenvalue weighted by Gasteiger charge is 2.38. The zero-order valence-corrected chi connectivity index (χ0v) is 16.7. The molecule has 1 amide bonds. The van der Waals surface area contributed by atoms with Gasteiger partial charge in [0.15, 0.2) is 0 Å². The van der Waals surface area contributed by atoms with Crippen LogP contribution in [0.3, 0.4) is 0 Å². The Balaban J connectivity index is 1.67. The molecule has 2 fully saturated rings. The van der Waals surface area contributed by atoms with E-state index in [1.807, 2.05) is 35.2 Å². The van der Waals surface area contributed by atoms with Gasteiger partial charge in [0, 0.05) is 19.2 Å². The minimum atomic E-state index is -0.424. The molecule has 2 aromatic rings. The summed E-state index contributed by atoms with van der Waals surface area (Å²) in [5, 5.41) is 0. The van der Waals surface area contributed by atoms with Gasteiger partial charge >= 0.3 is 0 Å². The predicted octanol–water partition coefficient (Wildman–Crippen LogP) is 3.51. The summed E-state index contributed by atoms with van der Waals surface area (Å²) in [7, 11) is 1.45. The highest BCUT2D eigenvalue weighted by atomic mass is 19.1. The fraction of sp³-hybridized carbons (Fsp3) is 0.435. The monoisotopic (exact) mass is 398 g/mol. The van der Waals surface area contributed by atoms with Crippen LogP contribution in [0.2, 0.25) is 0 Å². The van der Waals surface area contributed by atoms with E-state index in [1.54, 1.807) is 0 Å². The van der Waals surface area contributed by atoms with Crippen molar-refractivity contribution in [3.8, 4) is 5.75 Å². The standard InChI is InChI=1S/C23H27FN2O3/c1-28-20-15-18(24)9-10-19(20)23(27)26-13-14-29-21(16-25-11-5-6-12-25)22(26)17-7-3-2-4-8-17/h2-4,7-10,15,21-22H,5-6,11-14,16H2,1H3/t21-,22-/m0/s1. The summed E-state index contributed by atoms with van der Waals surface area (Å²) in [6.07, 6.45) is 2.30. The van der Waals surface area contributed by atoms with Gasteiger partial charge in [0.25, 0.3) is 5.91 Å². The number of halogens is 1. The van der Waals surface area contributed by atoms with Crippen LogP contribution in [0.15, 0.2) is 48.5 Å². The Bertz CT molecular complexity index is 839. The summed E-state index contributed by atoms with van der Waals surface area (Å²) in [4.78, 5) is 17.8. The number of hydrogen-bond donors (Lipinski definition) is 0. The van der Waals surface area contributed by atoms with Crippen molar-refractivity contribution in [1.82, 2.24) is 9.80 Å². The zero-order valence-electron chi connectivity index (χ0n) is 16.7. The topological polar surface area (TPSA) is 42.0 Å². The lowest BCUT2D eigenvalue weighted by molar-refractivity contribution is -0.0707. The number of benzene rings is 2. The molecule has 0 unspecified atom stereocenters. The Kier molecular flexibility index (Phi) is 6.11. The second kappa shape index (κ2) is 8.93. The van der Waals surface area contributed by atoms with E-state index in [0.29, 0.717) is 18.7 Å². The SMILES string of the molecule is COc1cc(F)ccc1C(=O)N1CCO[C@@H](CN2CCCC2)[C@@H]1c1ccccc1. The zero-order chi connectivity index (χ0) is 20.2. The summed E-state index contributed by atoms with van der Waals surface area (Å²) in [5.74, 6) is -0.332. The number of likely N-dealkylation sites (tertiary alicyclic amines) is 1. The van der Waals surface area contributed by atoms with Crippen molar-refractivity contribution in [2.75, 3.05) is 39.9 Å². The minimum Gasteiger partial charge on any atom is -0.496 e. The lowest BCUT2D eigenvalue weighted by Crippen LogP contribution is -2.51. The molecule has 2 saturated heterocycles. The first kappa shape index (κ1) is 19.9. The molecule has 2 heterocycles. The van der Waals surface area contributed by atoms with Crippen LogP contribution in [-0.2, 0) is 4.74 Å². The smallest absolute Gasteiger partial charge is 0.258 e. The van der Waals surface area contributed by atoms with Crippen molar-refractivity contribution in [2.24, 2.45) is 0 Å². The number of amides is 1. The minimum absolute atomic E-state index is 0.111. The highest BCUT2D eigenvalue weighted by Crippen LogP contribution is 2.33. The fourth-order valence-electron chi connectivity index (χ4n) is 4.37. The lowest BCUT2D eigenvalue weighted by atomic mass is 9.96. The maximum atomic E-state index is 13.6. The van der Waals surface area contributed by atoms with Gasteiger partial charge in [-0.05, 0) is 43.6 Å². The maximum absolute atomic E-state index is 13.6. The summed E-state index contributed by atoms with van der Waals surface area (Å²) >= 11 is 0. The van der Waals surface area contributed by atoms with E-state index in [1.165, 1.54) is 38.2 Å². The first-order valence-electron chi connectivity index (χ1n) is 10.2. The fourth-order valence-corrected chi connectivity index (χ4v) is 4.37. The first-order chi connectivity index (χ1) is 14.2. The predicted molar refractivity (Wildman–Crippen MR) is 109 cm³/mol. The van der Waals surface area contributed by atoms with Crippen LogP contribution in [0.25, 0.3) is 0 Å². The van der Waals surface area contributed by atoms with Crippen molar-refractivity contribution in [3.05, 3.63) is 65.5 Å². The Labute approximate surface area is 171 Å². The van der Waals surface area contributed by atoms with Crippen LogP contribution in [-0.4, -0.2) is 61.7 Å². The molecule has 2 aromatic carbocycles. The van der Waals surface area contributed by atoms with Gasteiger partial charge in [-0.25, -0.2) is 4.39 Å². The molecule has 5 nitrogen and oxygen atoms in total. The average molecular weight is 398 g/mol. The molecular formula is C23H27FN2O3. The number of ether oxygens (including phenoxy) is 2. The van der Waals surface area contributed by atoms with Gasteiger partial charge in [-0.2, -0.15) is 0 Å². The van der Waals surface area contributed by atoms with E-state index in [0.717, 1.165) is 25.2 Å². The van der Waals surface area contributed by atoms with Gasteiger partial charge in [0.05, 0.1) is 31.4 Å². The third kappa shape index (κ3) is 4.28. The molecule has 0 spiro atoms. The van der Waals surface area contributed by atoms with E-state index >= 15 is 0 Å². The number of hydrogen-bond acceptors (Lipinski definition) is 4. The van der Waals surface area contributed by atoms with Gasteiger partial charge in [-0.15, -0.1) is 0 Å². The van der Waals surface area contributed by atoms with Crippen molar-refractivity contribution in [1.29, 1.82) is 0 Å². The highest BCUT2D eigenvalue weighted by molar-refractivity contribution is 5.97. The largest absolute Gasteiger partial charge is 0.496 e. The molecule has 0 saturated carbocycles. The second-order valence-corrected chi connectivity index (χ2v) is 7.62. The van der Waals surface area contributed by atoms with Gasteiger partial charge in [-0.1, -0.05) is 30.3 Å². The molecule has 2 aliphatic heterocycles. The number of morpholine rings is 1. The maximum Gasteiger partial charge on any atom is 0.258 e. The van der Waals surface area contributed by atoms with Crippen molar-refractivity contribution < 1.29 is 18.7 Å². The van der Waals surface area contributed by atoms with E-state index in [9.17, 15) is 9.18 Å².